The first-order valence-corrected chi connectivity index (χ1v) is 9.32. The lowest BCUT2D eigenvalue weighted by atomic mass is 10.0. The highest BCUT2D eigenvalue weighted by Gasteiger charge is 2.13. The van der Waals surface area contributed by atoms with Gasteiger partial charge in [0.15, 0.2) is 0 Å². The number of fused-ring (bicyclic) bond motifs is 2. The van der Waals surface area contributed by atoms with Crippen molar-refractivity contribution in [3.63, 3.8) is 0 Å². The summed E-state index contributed by atoms with van der Waals surface area (Å²) in [6.45, 7) is 1.81. The van der Waals surface area contributed by atoms with E-state index in [2.05, 4.69) is 16.4 Å². The minimum atomic E-state index is -0.291. The molecule has 0 saturated carbocycles. The van der Waals surface area contributed by atoms with Gasteiger partial charge in [-0.1, -0.05) is 48.0 Å². The molecule has 1 unspecified atom stereocenters. The molecule has 0 fully saturated rings. The number of carbonyl (C=O) groups is 1. The van der Waals surface area contributed by atoms with Crippen molar-refractivity contribution in [3.05, 3.63) is 87.9 Å². The van der Waals surface area contributed by atoms with Crippen molar-refractivity contribution in [2.75, 3.05) is 0 Å². The molecule has 0 aliphatic rings. The Morgan fingerprint density at radius 2 is 1.89 bits per heavy atom. The number of amides is 1. The summed E-state index contributed by atoms with van der Waals surface area (Å²) >= 11 is 5.97. The van der Waals surface area contributed by atoms with Gasteiger partial charge in [0.2, 0.25) is 5.91 Å². The Labute approximate surface area is 166 Å². The van der Waals surface area contributed by atoms with Crippen LogP contribution in [0.1, 0.15) is 18.5 Å². The third kappa shape index (κ3) is 3.62. The Balaban J connectivity index is 1.52. The second kappa shape index (κ2) is 7.44. The maximum atomic E-state index is 12.6. The molecule has 1 aromatic heterocycles. The number of nitrogens with zero attached hydrogens (tertiary/aromatic N) is 2. The molecule has 0 aliphatic carbocycles. The van der Waals surface area contributed by atoms with Gasteiger partial charge >= 0.3 is 0 Å². The van der Waals surface area contributed by atoms with Crippen molar-refractivity contribution in [1.82, 2.24) is 14.9 Å². The molecule has 4 aromatic rings. The van der Waals surface area contributed by atoms with Crippen LogP contribution in [0.15, 0.2) is 71.8 Å². The highest BCUT2D eigenvalue weighted by molar-refractivity contribution is 6.31. The van der Waals surface area contributed by atoms with Gasteiger partial charge in [0.1, 0.15) is 6.54 Å². The van der Waals surface area contributed by atoms with E-state index in [0.29, 0.717) is 15.9 Å². The zero-order chi connectivity index (χ0) is 19.7. The molecule has 1 atom stereocenters. The second-order valence-electron chi connectivity index (χ2n) is 6.73. The summed E-state index contributed by atoms with van der Waals surface area (Å²) < 4.78 is 1.29. The van der Waals surface area contributed by atoms with Crippen molar-refractivity contribution in [1.29, 1.82) is 0 Å². The first kappa shape index (κ1) is 18.2. The van der Waals surface area contributed by atoms with Crippen LogP contribution in [0.25, 0.3) is 21.7 Å². The molecular formula is C22H18ClN3O2. The zero-order valence-corrected chi connectivity index (χ0v) is 16.0. The lowest BCUT2D eigenvalue weighted by molar-refractivity contribution is -0.122. The fraction of sp³-hybridized carbons (Fsp3) is 0.136. The first-order chi connectivity index (χ1) is 13.5. The van der Waals surface area contributed by atoms with E-state index in [9.17, 15) is 9.59 Å². The van der Waals surface area contributed by atoms with Crippen molar-refractivity contribution < 1.29 is 4.79 Å². The summed E-state index contributed by atoms with van der Waals surface area (Å²) in [4.78, 5) is 29.3. The van der Waals surface area contributed by atoms with E-state index in [4.69, 9.17) is 11.6 Å². The van der Waals surface area contributed by atoms with Crippen LogP contribution in [0, 0.1) is 0 Å². The van der Waals surface area contributed by atoms with E-state index in [1.165, 1.54) is 10.9 Å². The smallest absolute Gasteiger partial charge is 0.261 e. The molecule has 28 heavy (non-hydrogen) atoms. The Hall–Kier alpha value is -3.18. The highest BCUT2D eigenvalue weighted by Crippen LogP contribution is 2.20. The van der Waals surface area contributed by atoms with E-state index in [-0.39, 0.29) is 24.1 Å². The summed E-state index contributed by atoms with van der Waals surface area (Å²) in [7, 11) is 0. The first-order valence-electron chi connectivity index (χ1n) is 8.94. The molecule has 0 spiro atoms. The van der Waals surface area contributed by atoms with Gasteiger partial charge in [-0.2, -0.15) is 0 Å². The molecule has 1 heterocycles. The third-order valence-corrected chi connectivity index (χ3v) is 4.99. The SMILES string of the molecule is CC(NC(=O)Cn1cnc2ccc(Cl)cc2c1=O)c1ccc2ccccc2c1. The maximum Gasteiger partial charge on any atom is 0.261 e. The minimum Gasteiger partial charge on any atom is -0.348 e. The van der Waals surface area contributed by atoms with Crippen LogP contribution < -0.4 is 10.9 Å². The van der Waals surface area contributed by atoms with Gasteiger partial charge in [0.25, 0.3) is 5.56 Å². The fourth-order valence-electron chi connectivity index (χ4n) is 3.25. The fourth-order valence-corrected chi connectivity index (χ4v) is 3.42. The van der Waals surface area contributed by atoms with Gasteiger partial charge in [0.05, 0.1) is 23.3 Å². The Morgan fingerprint density at radius 1 is 1.11 bits per heavy atom. The monoisotopic (exact) mass is 391 g/mol. The number of nitrogens with one attached hydrogen (secondary N) is 1. The number of hydrogen-bond donors (Lipinski definition) is 1. The predicted molar refractivity (Wildman–Crippen MR) is 112 cm³/mol. The number of benzene rings is 3. The Kier molecular flexibility index (Phi) is 4.84. The number of rotatable bonds is 4. The highest BCUT2D eigenvalue weighted by atomic mass is 35.5. The van der Waals surface area contributed by atoms with Gasteiger partial charge in [-0.3, -0.25) is 14.2 Å². The quantitative estimate of drug-likeness (QED) is 0.570. The number of carbonyl (C=O) groups excluding carboxylic acids is 1. The number of hydrogen-bond acceptors (Lipinski definition) is 3. The number of halogens is 1. The molecule has 4 rings (SSSR count). The molecule has 3 aromatic carbocycles. The standard InChI is InChI=1S/C22H18ClN3O2/c1-14(16-7-6-15-4-2-3-5-17(15)10-16)25-21(27)12-26-13-24-20-9-8-18(23)11-19(20)22(26)28/h2-11,13-14H,12H2,1H3,(H,25,27). The molecule has 0 aliphatic heterocycles. The van der Waals surface area contributed by atoms with Crippen LogP contribution in [-0.4, -0.2) is 15.5 Å². The van der Waals surface area contributed by atoms with Crippen LogP contribution in [0.4, 0.5) is 0 Å². The predicted octanol–water partition coefficient (Wildman–Crippen LogP) is 4.08. The summed E-state index contributed by atoms with van der Waals surface area (Å²) in [5.74, 6) is -0.258. The van der Waals surface area contributed by atoms with Crippen LogP contribution in [0.3, 0.4) is 0 Å². The van der Waals surface area contributed by atoms with Gasteiger partial charge in [-0.05, 0) is 47.5 Å². The Bertz CT molecular complexity index is 1250. The van der Waals surface area contributed by atoms with Crippen LogP contribution in [-0.2, 0) is 11.3 Å². The molecule has 0 bridgehead atoms. The molecule has 6 heteroatoms. The van der Waals surface area contributed by atoms with E-state index in [1.54, 1.807) is 18.2 Å². The van der Waals surface area contributed by atoms with Crippen LogP contribution >= 0.6 is 11.6 Å². The van der Waals surface area contributed by atoms with E-state index < -0.39 is 0 Å². The molecule has 0 saturated heterocycles. The largest absolute Gasteiger partial charge is 0.348 e. The minimum absolute atomic E-state index is 0.105. The lowest BCUT2D eigenvalue weighted by Crippen LogP contribution is -2.34. The summed E-state index contributed by atoms with van der Waals surface area (Å²) in [6, 6.07) is 18.9. The van der Waals surface area contributed by atoms with E-state index in [1.807, 2.05) is 43.3 Å². The molecule has 140 valence electrons. The van der Waals surface area contributed by atoms with Crippen molar-refractivity contribution in [2.45, 2.75) is 19.5 Å². The van der Waals surface area contributed by atoms with E-state index in [0.717, 1.165) is 16.3 Å². The summed E-state index contributed by atoms with van der Waals surface area (Å²) in [5.41, 5.74) is 1.26. The van der Waals surface area contributed by atoms with Crippen LogP contribution in [0.5, 0.6) is 0 Å². The van der Waals surface area contributed by atoms with Crippen molar-refractivity contribution in [2.24, 2.45) is 0 Å². The van der Waals surface area contributed by atoms with Crippen LogP contribution in [0.2, 0.25) is 5.02 Å². The van der Waals surface area contributed by atoms with Crippen molar-refractivity contribution in [3.8, 4) is 0 Å². The molecular weight excluding hydrogens is 374 g/mol. The molecule has 1 N–H and O–H groups in total. The summed E-state index contributed by atoms with van der Waals surface area (Å²) in [6.07, 6.45) is 1.39. The average Bonchev–Trinajstić information content (AvgIpc) is 2.70. The maximum absolute atomic E-state index is 12.6. The zero-order valence-electron chi connectivity index (χ0n) is 15.2. The Morgan fingerprint density at radius 3 is 2.71 bits per heavy atom. The van der Waals surface area contributed by atoms with E-state index >= 15 is 0 Å². The number of aromatic nitrogens is 2. The van der Waals surface area contributed by atoms with Gasteiger partial charge in [0, 0.05) is 5.02 Å². The summed E-state index contributed by atoms with van der Waals surface area (Å²) in [5, 5.41) is 6.06. The van der Waals surface area contributed by atoms with Crippen molar-refractivity contribution >= 4 is 39.2 Å². The topological polar surface area (TPSA) is 64.0 Å². The van der Waals surface area contributed by atoms with Gasteiger partial charge < -0.3 is 5.32 Å². The molecule has 5 nitrogen and oxygen atoms in total. The average molecular weight is 392 g/mol. The molecule has 0 radical (unpaired) electrons. The second-order valence-corrected chi connectivity index (χ2v) is 7.17. The third-order valence-electron chi connectivity index (χ3n) is 4.75. The normalized spacial score (nSPS) is 12.2. The van der Waals surface area contributed by atoms with Gasteiger partial charge in [-0.15, -0.1) is 0 Å². The molecule has 1 amide bonds. The lowest BCUT2D eigenvalue weighted by Gasteiger charge is -2.16. The van der Waals surface area contributed by atoms with Gasteiger partial charge in [-0.25, -0.2) is 4.98 Å².